The monoisotopic (exact) mass is 251 g/mol. The fraction of sp³-hybridized carbons (Fsp3) is 0.929. The van der Waals surface area contributed by atoms with Crippen LogP contribution in [0.5, 0.6) is 0 Å². The Balaban J connectivity index is 1.69. The number of nitrogens with zero attached hydrogens (tertiary/aromatic N) is 2. The van der Waals surface area contributed by atoms with Crippen LogP contribution in [0.4, 0.5) is 0 Å². The minimum Gasteiger partial charge on any atom is -0.341 e. The third-order valence-electron chi connectivity index (χ3n) is 4.98. The van der Waals surface area contributed by atoms with E-state index in [1.165, 1.54) is 25.9 Å². The molecule has 1 amide bonds. The van der Waals surface area contributed by atoms with Crippen molar-refractivity contribution in [1.82, 2.24) is 15.1 Å². The Labute approximate surface area is 110 Å². The van der Waals surface area contributed by atoms with Crippen molar-refractivity contribution in [1.29, 1.82) is 0 Å². The number of fused-ring (bicyclic) bond motifs is 1. The van der Waals surface area contributed by atoms with Gasteiger partial charge >= 0.3 is 0 Å². The van der Waals surface area contributed by atoms with Gasteiger partial charge in [-0.05, 0) is 45.7 Å². The van der Waals surface area contributed by atoms with Crippen LogP contribution in [0.2, 0.25) is 0 Å². The molecule has 2 atom stereocenters. The number of hydrogen-bond acceptors (Lipinski definition) is 3. The van der Waals surface area contributed by atoms with Crippen molar-refractivity contribution < 1.29 is 4.79 Å². The van der Waals surface area contributed by atoms with E-state index in [1.54, 1.807) is 0 Å². The predicted octanol–water partition coefficient (Wildman–Crippen LogP) is 0.683. The number of amides is 1. The molecule has 0 aromatic heterocycles. The van der Waals surface area contributed by atoms with Crippen molar-refractivity contribution >= 4 is 5.91 Å². The number of rotatable bonds is 1. The second-order valence-corrected chi connectivity index (χ2v) is 6.42. The topological polar surface area (TPSA) is 35.6 Å². The summed E-state index contributed by atoms with van der Waals surface area (Å²) in [7, 11) is 0. The first-order valence-electron chi connectivity index (χ1n) is 7.43. The maximum Gasteiger partial charge on any atom is 0.229 e. The Morgan fingerprint density at radius 1 is 1.28 bits per heavy atom. The van der Waals surface area contributed by atoms with Crippen LogP contribution in [-0.2, 0) is 4.79 Å². The van der Waals surface area contributed by atoms with Crippen molar-refractivity contribution in [2.75, 3.05) is 39.3 Å². The summed E-state index contributed by atoms with van der Waals surface area (Å²) >= 11 is 0. The van der Waals surface area contributed by atoms with Crippen LogP contribution in [-0.4, -0.2) is 61.0 Å². The molecule has 3 rings (SSSR count). The Kier molecular flexibility index (Phi) is 3.32. The van der Waals surface area contributed by atoms with Gasteiger partial charge in [-0.15, -0.1) is 0 Å². The molecule has 0 saturated carbocycles. The van der Waals surface area contributed by atoms with E-state index < -0.39 is 0 Å². The first-order valence-corrected chi connectivity index (χ1v) is 7.43. The Hall–Kier alpha value is -0.610. The van der Waals surface area contributed by atoms with Crippen molar-refractivity contribution in [2.24, 2.45) is 5.41 Å². The third kappa shape index (κ3) is 2.16. The van der Waals surface area contributed by atoms with E-state index in [0.29, 0.717) is 11.9 Å². The molecule has 102 valence electrons. The summed E-state index contributed by atoms with van der Waals surface area (Å²) in [5, 5.41) is 3.34. The zero-order valence-corrected chi connectivity index (χ0v) is 11.5. The molecule has 18 heavy (non-hydrogen) atoms. The van der Waals surface area contributed by atoms with E-state index in [9.17, 15) is 4.79 Å². The fourth-order valence-electron chi connectivity index (χ4n) is 3.77. The molecular weight excluding hydrogens is 226 g/mol. The van der Waals surface area contributed by atoms with E-state index in [1.807, 2.05) is 0 Å². The minimum absolute atomic E-state index is 0.145. The van der Waals surface area contributed by atoms with Gasteiger partial charge in [0, 0.05) is 32.2 Å². The van der Waals surface area contributed by atoms with Gasteiger partial charge in [-0.2, -0.15) is 0 Å². The minimum atomic E-state index is -0.145. The van der Waals surface area contributed by atoms with Crippen LogP contribution in [0.25, 0.3) is 0 Å². The predicted molar refractivity (Wildman–Crippen MR) is 71.4 cm³/mol. The van der Waals surface area contributed by atoms with Crippen molar-refractivity contribution in [3.63, 3.8) is 0 Å². The molecule has 3 aliphatic rings. The summed E-state index contributed by atoms with van der Waals surface area (Å²) < 4.78 is 0. The largest absolute Gasteiger partial charge is 0.341 e. The van der Waals surface area contributed by atoms with Gasteiger partial charge in [0.15, 0.2) is 0 Å². The highest BCUT2D eigenvalue weighted by Crippen LogP contribution is 2.29. The molecule has 0 radical (unpaired) electrons. The summed E-state index contributed by atoms with van der Waals surface area (Å²) in [6.45, 7) is 8.33. The normalized spacial score (nSPS) is 37.6. The molecule has 0 bridgehead atoms. The summed E-state index contributed by atoms with van der Waals surface area (Å²) in [6.07, 6.45) is 4.73. The van der Waals surface area contributed by atoms with Crippen molar-refractivity contribution in [3.8, 4) is 0 Å². The lowest BCUT2D eigenvalue weighted by atomic mass is 9.88. The molecule has 3 heterocycles. The van der Waals surface area contributed by atoms with Gasteiger partial charge in [-0.3, -0.25) is 9.69 Å². The third-order valence-corrected chi connectivity index (χ3v) is 4.98. The second-order valence-electron chi connectivity index (χ2n) is 6.42. The van der Waals surface area contributed by atoms with Gasteiger partial charge in [0.2, 0.25) is 5.91 Å². The molecule has 1 N–H and O–H groups in total. The second kappa shape index (κ2) is 4.82. The highest BCUT2D eigenvalue weighted by molar-refractivity contribution is 5.83. The molecule has 3 saturated heterocycles. The standard InChI is InChI=1S/C14H25N3O/c1-14(5-6-15-11-14)13(18)17-9-3-8-16-7-2-4-12(16)10-17/h12,15H,2-11H2,1H3. The molecule has 0 spiro atoms. The number of carbonyl (C=O) groups is 1. The first-order chi connectivity index (χ1) is 8.69. The van der Waals surface area contributed by atoms with E-state index in [0.717, 1.165) is 39.0 Å². The summed E-state index contributed by atoms with van der Waals surface area (Å²) in [5.41, 5.74) is -0.145. The van der Waals surface area contributed by atoms with Crippen molar-refractivity contribution in [2.45, 2.75) is 38.6 Å². The average Bonchev–Trinajstić information content (AvgIpc) is 2.94. The molecule has 0 aliphatic carbocycles. The van der Waals surface area contributed by atoms with E-state index >= 15 is 0 Å². The molecule has 2 unspecified atom stereocenters. The number of carbonyl (C=O) groups excluding carboxylic acids is 1. The number of nitrogens with one attached hydrogen (secondary N) is 1. The first kappa shape index (κ1) is 12.4. The van der Waals surface area contributed by atoms with Crippen LogP contribution in [0, 0.1) is 5.41 Å². The van der Waals surface area contributed by atoms with Crippen LogP contribution in [0.3, 0.4) is 0 Å². The molecular formula is C14H25N3O. The summed E-state index contributed by atoms with van der Waals surface area (Å²) in [5.74, 6) is 0.390. The average molecular weight is 251 g/mol. The zero-order valence-electron chi connectivity index (χ0n) is 11.5. The Morgan fingerprint density at radius 3 is 2.89 bits per heavy atom. The molecule has 4 heteroatoms. The lowest BCUT2D eigenvalue weighted by molar-refractivity contribution is -0.140. The fourth-order valence-corrected chi connectivity index (χ4v) is 3.77. The van der Waals surface area contributed by atoms with Crippen LogP contribution in [0.1, 0.15) is 32.6 Å². The molecule has 3 aliphatic heterocycles. The quantitative estimate of drug-likeness (QED) is 0.744. The van der Waals surface area contributed by atoms with Crippen LogP contribution >= 0.6 is 0 Å². The maximum atomic E-state index is 12.7. The van der Waals surface area contributed by atoms with Gasteiger partial charge in [0.1, 0.15) is 0 Å². The van der Waals surface area contributed by atoms with Gasteiger partial charge in [-0.1, -0.05) is 0 Å². The lowest BCUT2D eigenvalue weighted by Crippen LogP contribution is -2.47. The maximum absolute atomic E-state index is 12.7. The molecule has 0 aromatic rings. The molecule has 0 aromatic carbocycles. The van der Waals surface area contributed by atoms with E-state index in [4.69, 9.17) is 0 Å². The summed E-state index contributed by atoms with van der Waals surface area (Å²) in [4.78, 5) is 17.5. The summed E-state index contributed by atoms with van der Waals surface area (Å²) in [6, 6.07) is 0.634. The lowest BCUT2D eigenvalue weighted by Gasteiger charge is -2.32. The van der Waals surface area contributed by atoms with Gasteiger partial charge in [0.25, 0.3) is 0 Å². The van der Waals surface area contributed by atoms with Gasteiger partial charge in [-0.25, -0.2) is 0 Å². The molecule has 3 fully saturated rings. The van der Waals surface area contributed by atoms with Crippen LogP contribution < -0.4 is 5.32 Å². The number of hydrogen-bond donors (Lipinski definition) is 1. The highest BCUT2D eigenvalue weighted by atomic mass is 16.2. The SMILES string of the molecule is CC1(C(=O)N2CCCN3CCCC3C2)CCNC1. The Bertz CT molecular complexity index is 325. The Morgan fingerprint density at radius 2 is 2.11 bits per heavy atom. The smallest absolute Gasteiger partial charge is 0.229 e. The van der Waals surface area contributed by atoms with Crippen molar-refractivity contribution in [3.05, 3.63) is 0 Å². The zero-order chi connectivity index (χ0) is 12.6. The van der Waals surface area contributed by atoms with E-state index in [2.05, 4.69) is 22.0 Å². The van der Waals surface area contributed by atoms with Gasteiger partial charge < -0.3 is 10.2 Å². The van der Waals surface area contributed by atoms with Crippen LogP contribution in [0.15, 0.2) is 0 Å². The highest BCUT2D eigenvalue weighted by Gasteiger charge is 2.41. The molecule has 4 nitrogen and oxygen atoms in total. The van der Waals surface area contributed by atoms with E-state index in [-0.39, 0.29) is 5.41 Å². The van der Waals surface area contributed by atoms with Gasteiger partial charge in [0.05, 0.1) is 5.41 Å².